The van der Waals surface area contributed by atoms with Crippen molar-refractivity contribution in [3.63, 3.8) is 0 Å². The Morgan fingerprint density at radius 1 is 1.16 bits per heavy atom. The van der Waals surface area contributed by atoms with E-state index in [4.69, 9.17) is 4.84 Å². The summed E-state index contributed by atoms with van der Waals surface area (Å²) in [5.74, 6) is 1.15. The molecule has 3 rings (SSSR count). The molecular formula is C17H22ClF3N2O2. The fourth-order valence-corrected chi connectivity index (χ4v) is 2.59. The minimum absolute atomic E-state index is 0. The number of nitrogens with two attached hydrogens (primary N) is 1. The number of quaternary nitrogens is 1. The Labute approximate surface area is 150 Å². The normalized spacial score (nSPS) is 18.2. The summed E-state index contributed by atoms with van der Waals surface area (Å²) in [5.41, 5.74) is 1.11. The van der Waals surface area contributed by atoms with Crippen LogP contribution in [0.1, 0.15) is 31.2 Å². The van der Waals surface area contributed by atoms with Gasteiger partial charge in [-0.3, -0.25) is 0 Å². The van der Waals surface area contributed by atoms with E-state index in [1.54, 1.807) is 5.32 Å². The second kappa shape index (κ2) is 8.38. The van der Waals surface area contributed by atoms with Crippen molar-refractivity contribution in [3.05, 3.63) is 29.8 Å². The Morgan fingerprint density at radius 3 is 2.20 bits per heavy atom. The van der Waals surface area contributed by atoms with E-state index in [0.717, 1.165) is 17.8 Å². The van der Waals surface area contributed by atoms with Gasteiger partial charge in [-0.05, 0) is 49.9 Å². The first kappa shape index (κ1) is 20.0. The lowest BCUT2D eigenvalue weighted by Crippen LogP contribution is -3.00. The van der Waals surface area contributed by atoms with E-state index in [9.17, 15) is 18.3 Å². The minimum atomic E-state index is -4.33. The van der Waals surface area contributed by atoms with Gasteiger partial charge in [0.15, 0.2) is 0 Å². The Balaban J connectivity index is 0.00000225. The molecule has 0 aliphatic heterocycles. The summed E-state index contributed by atoms with van der Waals surface area (Å²) in [6.45, 7) is 0.406. The van der Waals surface area contributed by atoms with E-state index in [1.807, 2.05) is 0 Å². The Morgan fingerprint density at radius 2 is 1.72 bits per heavy atom. The third-order valence-electron chi connectivity index (χ3n) is 4.29. The molecular weight excluding hydrogens is 357 g/mol. The largest absolute Gasteiger partial charge is 1.00 e. The van der Waals surface area contributed by atoms with Gasteiger partial charge in [-0.25, -0.2) is 0 Å². The van der Waals surface area contributed by atoms with E-state index in [-0.39, 0.29) is 19.0 Å². The number of nitrogens with zero attached hydrogens (tertiary/aromatic N) is 1. The molecule has 2 aliphatic rings. The van der Waals surface area contributed by atoms with Gasteiger partial charge < -0.3 is 27.7 Å². The fourth-order valence-electron chi connectivity index (χ4n) is 2.59. The second-order valence-electron chi connectivity index (χ2n) is 6.57. The zero-order valence-electron chi connectivity index (χ0n) is 13.7. The van der Waals surface area contributed by atoms with Gasteiger partial charge in [0, 0.05) is 11.8 Å². The van der Waals surface area contributed by atoms with Crippen molar-refractivity contribution >= 4 is 11.4 Å². The van der Waals surface area contributed by atoms with E-state index in [0.29, 0.717) is 24.1 Å². The highest BCUT2D eigenvalue weighted by atomic mass is 35.5. The molecule has 0 saturated heterocycles. The van der Waals surface area contributed by atoms with Crippen LogP contribution in [0.15, 0.2) is 29.4 Å². The van der Waals surface area contributed by atoms with E-state index in [1.165, 1.54) is 37.8 Å². The minimum Gasteiger partial charge on any atom is -1.00 e. The molecule has 8 heteroatoms. The third-order valence-corrected chi connectivity index (χ3v) is 4.29. The quantitative estimate of drug-likeness (QED) is 0.362. The lowest BCUT2D eigenvalue weighted by Gasteiger charge is -2.10. The van der Waals surface area contributed by atoms with Crippen LogP contribution < -0.4 is 17.7 Å². The molecule has 0 radical (unpaired) electrons. The van der Waals surface area contributed by atoms with E-state index in [2.05, 4.69) is 5.16 Å². The molecule has 0 bridgehead atoms. The molecule has 2 saturated carbocycles. The lowest BCUT2D eigenvalue weighted by molar-refractivity contribution is -0.580. The fraction of sp³-hybridized carbons (Fsp3) is 0.588. The molecule has 4 nitrogen and oxygen atoms in total. The molecule has 1 atom stereocenters. The standard InChI is InChI=1S/C17H21F3N2O2.ClH/c18-17(19,20)13-5-7-14(8-6-13)21-9-15(23)10-24-22-16(11-1-2-11)12-3-4-12;/h5-8,11-12,15,21,23H,1-4,9-10H2;1H. The molecule has 25 heavy (non-hydrogen) atoms. The van der Waals surface area contributed by atoms with Gasteiger partial charge in [-0.15, -0.1) is 0 Å². The zero-order valence-corrected chi connectivity index (χ0v) is 14.4. The maximum atomic E-state index is 12.5. The van der Waals surface area contributed by atoms with Crippen LogP contribution in [-0.2, 0) is 11.0 Å². The number of halogens is 4. The summed E-state index contributed by atoms with van der Waals surface area (Å²) in [7, 11) is 0. The van der Waals surface area contributed by atoms with Crippen LogP contribution in [0, 0.1) is 11.8 Å². The van der Waals surface area contributed by atoms with Gasteiger partial charge >= 0.3 is 6.18 Å². The van der Waals surface area contributed by atoms with Crippen molar-refractivity contribution in [3.8, 4) is 0 Å². The lowest BCUT2D eigenvalue weighted by atomic mass is 10.2. The Bertz CT molecular complexity index is 571. The molecule has 1 aromatic carbocycles. The van der Waals surface area contributed by atoms with Gasteiger partial charge in [0.25, 0.3) is 0 Å². The Hall–Kier alpha value is -1.31. The van der Waals surface area contributed by atoms with Crippen LogP contribution in [0.3, 0.4) is 0 Å². The number of alkyl halides is 3. The predicted octanol–water partition coefficient (Wildman–Crippen LogP) is -0.542. The van der Waals surface area contributed by atoms with Gasteiger partial charge in [0.05, 0.1) is 11.3 Å². The number of oxime groups is 1. The van der Waals surface area contributed by atoms with Crippen LogP contribution in [0.25, 0.3) is 0 Å². The number of aliphatic hydroxyl groups is 1. The number of aliphatic hydroxyl groups excluding tert-OH is 1. The van der Waals surface area contributed by atoms with Crippen molar-refractivity contribution in [1.82, 2.24) is 0 Å². The first-order chi connectivity index (χ1) is 11.4. The maximum absolute atomic E-state index is 12.5. The van der Waals surface area contributed by atoms with Gasteiger partial charge in [0.2, 0.25) is 0 Å². The number of hydrogen-bond acceptors (Lipinski definition) is 3. The summed E-state index contributed by atoms with van der Waals surface area (Å²) in [4.78, 5) is 5.28. The molecule has 3 N–H and O–H groups in total. The molecule has 0 amide bonds. The van der Waals surface area contributed by atoms with E-state index >= 15 is 0 Å². The van der Waals surface area contributed by atoms with Gasteiger partial charge in [-0.1, -0.05) is 5.16 Å². The highest BCUT2D eigenvalue weighted by Gasteiger charge is 2.38. The smallest absolute Gasteiger partial charge is 0.416 e. The van der Waals surface area contributed by atoms with Gasteiger partial charge in [0.1, 0.15) is 24.9 Å². The van der Waals surface area contributed by atoms with Crippen molar-refractivity contribution < 1.29 is 40.8 Å². The van der Waals surface area contributed by atoms with Crippen LogP contribution in [0.4, 0.5) is 18.9 Å². The maximum Gasteiger partial charge on any atom is 0.416 e. The highest BCUT2D eigenvalue weighted by Crippen LogP contribution is 2.42. The van der Waals surface area contributed by atoms with Crippen molar-refractivity contribution in [2.75, 3.05) is 13.2 Å². The molecule has 2 fully saturated rings. The monoisotopic (exact) mass is 378 g/mol. The van der Waals surface area contributed by atoms with Crippen molar-refractivity contribution in [1.29, 1.82) is 0 Å². The summed E-state index contributed by atoms with van der Waals surface area (Å²) >= 11 is 0. The third kappa shape index (κ3) is 6.17. The molecule has 140 valence electrons. The van der Waals surface area contributed by atoms with Crippen LogP contribution in [0.5, 0.6) is 0 Å². The second-order valence-corrected chi connectivity index (χ2v) is 6.57. The summed E-state index contributed by atoms with van der Waals surface area (Å²) in [6.07, 6.45) is -0.321. The average molecular weight is 379 g/mol. The Kier molecular flexibility index (Phi) is 6.71. The summed E-state index contributed by atoms with van der Waals surface area (Å²) < 4.78 is 37.4. The average Bonchev–Trinajstić information content (AvgIpc) is 3.42. The molecule has 0 aromatic heterocycles. The SMILES string of the molecule is OC(C[NH2+]c1ccc(C(F)(F)F)cc1)CON=C(C1CC1)C1CC1.[Cl-]. The number of benzene rings is 1. The van der Waals surface area contributed by atoms with Crippen molar-refractivity contribution in [2.45, 2.75) is 38.0 Å². The van der Waals surface area contributed by atoms with Crippen molar-refractivity contribution in [2.24, 2.45) is 17.0 Å². The number of hydrogen-bond donors (Lipinski definition) is 2. The predicted molar refractivity (Wildman–Crippen MR) is 82.7 cm³/mol. The molecule has 1 aromatic rings. The summed E-state index contributed by atoms with van der Waals surface area (Å²) in [6, 6.07) is 4.87. The van der Waals surface area contributed by atoms with E-state index < -0.39 is 17.8 Å². The topological polar surface area (TPSA) is 58.4 Å². The zero-order chi connectivity index (χ0) is 17.2. The molecule has 0 heterocycles. The molecule has 0 spiro atoms. The van der Waals surface area contributed by atoms with Crippen LogP contribution in [-0.4, -0.2) is 30.1 Å². The summed E-state index contributed by atoms with van der Waals surface area (Å²) in [5, 5.41) is 15.8. The van der Waals surface area contributed by atoms with Crippen LogP contribution >= 0.6 is 0 Å². The highest BCUT2D eigenvalue weighted by molar-refractivity contribution is 5.92. The first-order valence-electron chi connectivity index (χ1n) is 8.32. The number of rotatable bonds is 8. The van der Waals surface area contributed by atoms with Crippen LogP contribution in [0.2, 0.25) is 0 Å². The molecule has 1 unspecified atom stereocenters. The first-order valence-corrected chi connectivity index (χ1v) is 8.32. The van der Waals surface area contributed by atoms with Gasteiger partial charge in [-0.2, -0.15) is 13.2 Å². The molecule has 2 aliphatic carbocycles.